The number of esters is 1. The summed E-state index contributed by atoms with van der Waals surface area (Å²) in [6, 6.07) is 14.1. The molecule has 1 heterocycles. The Morgan fingerprint density at radius 3 is 2.16 bits per heavy atom. The second-order valence-electron chi connectivity index (χ2n) is 6.32. The highest BCUT2D eigenvalue weighted by molar-refractivity contribution is 5.75. The number of cyclic esters (lactones) is 1. The molecule has 2 aromatic carbocycles. The van der Waals surface area contributed by atoms with Gasteiger partial charge in [0.15, 0.2) is 0 Å². The van der Waals surface area contributed by atoms with Gasteiger partial charge in [0, 0.05) is 31.3 Å². The Morgan fingerprint density at radius 1 is 1.04 bits per heavy atom. The van der Waals surface area contributed by atoms with E-state index in [0.717, 1.165) is 5.69 Å². The van der Waals surface area contributed by atoms with E-state index >= 15 is 0 Å². The third-order valence-electron chi connectivity index (χ3n) is 4.57. The summed E-state index contributed by atoms with van der Waals surface area (Å²) in [5, 5.41) is 0. The molecular formula is C19H18F3NO2. The number of nitrogens with zero attached hydrogens (tertiary/aromatic N) is 1. The molecule has 0 N–H and O–H groups in total. The molecule has 3 rings (SSSR count). The lowest BCUT2D eigenvalue weighted by Gasteiger charge is -2.36. The van der Waals surface area contributed by atoms with Gasteiger partial charge in [-0.15, -0.1) is 0 Å². The summed E-state index contributed by atoms with van der Waals surface area (Å²) in [4.78, 5) is 13.8. The van der Waals surface area contributed by atoms with Gasteiger partial charge in [-0.3, -0.25) is 4.79 Å². The molecule has 1 aliphatic heterocycles. The van der Waals surface area contributed by atoms with Gasteiger partial charge in [-0.1, -0.05) is 42.5 Å². The minimum atomic E-state index is -4.73. The number of halogens is 3. The maximum atomic E-state index is 14.1. The SMILES string of the molecule is CN(C)c1ccc(C2CC(=O)OC2(c2ccccc2)C(F)(F)F)cc1. The van der Waals surface area contributed by atoms with Crippen molar-refractivity contribution in [3.05, 3.63) is 65.7 Å². The number of ether oxygens (including phenoxy) is 1. The highest BCUT2D eigenvalue weighted by Gasteiger charge is 2.67. The zero-order valence-electron chi connectivity index (χ0n) is 13.9. The average Bonchev–Trinajstić information content (AvgIpc) is 2.94. The largest absolute Gasteiger partial charge is 0.444 e. The lowest BCUT2D eigenvalue weighted by Crippen LogP contribution is -2.46. The van der Waals surface area contributed by atoms with E-state index in [-0.39, 0.29) is 12.0 Å². The topological polar surface area (TPSA) is 29.5 Å². The smallest absolute Gasteiger partial charge is 0.433 e. The number of hydrogen-bond acceptors (Lipinski definition) is 3. The molecule has 1 aliphatic rings. The predicted molar refractivity (Wildman–Crippen MR) is 88.4 cm³/mol. The van der Waals surface area contributed by atoms with Gasteiger partial charge in [0.1, 0.15) is 0 Å². The number of benzene rings is 2. The Labute approximate surface area is 144 Å². The van der Waals surface area contributed by atoms with Crippen LogP contribution in [0.2, 0.25) is 0 Å². The zero-order valence-corrected chi connectivity index (χ0v) is 13.9. The van der Waals surface area contributed by atoms with Gasteiger partial charge in [0.25, 0.3) is 0 Å². The van der Waals surface area contributed by atoms with Crippen LogP contribution in [-0.2, 0) is 15.1 Å². The fourth-order valence-electron chi connectivity index (χ4n) is 3.33. The van der Waals surface area contributed by atoms with Crippen LogP contribution < -0.4 is 4.90 Å². The molecule has 0 radical (unpaired) electrons. The van der Waals surface area contributed by atoms with Crippen molar-refractivity contribution in [2.45, 2.75) is 24.1 Å². The first-order valence-corrected chi connectivity index (χ1v) is 7.87. The zero-order chi connectivity index (χ0) is 18.2. The van der Waals surface area contributed by atoms with E-state index < -0.39 is 23.7 Å². The minimum Gasteiger partial charge on any atom is -0.444 e. The molecule has 0 spiro atoms. The molecule has 2 atom stereocenters. The van der Waals surface area contributed by atoms with E-state index in [2.05, 4.69) is 0 Å². The molecule has 0 bridgehead atoms. The molecular weight excluding hydrogens is 331 g/mol. The van der Waals surface area contributed by atoms with Crippen molar-refractivity contribution in [2.24, 2.45) is 0 Å². The van der Waals surface area contributed by atoms with Crippen LogP contribution in [0.5, 0.6) is 0 Å². The van der Waals surface area contributed by atoms with E-state index in [9.17, 15) is 18.0 Å². The van der Waals surface area contributed by atoms with Crippen LogP contribution in [0.4, 0.5) is 18.9 Å². The van der Waals surface area contributed by atoms with E-state index in [4.69, 9.17) is 4.74 Å². The molecule has 1 fully saturated rings. The normalized spacial score (nSPS) is 23.4. The average molecular weight is 349 g/mol. The molecule has 3 nitrogen and oxygen atoms in total. The Balaban J connectivity index is 2.14. The van der Waals surface area contributed by atoms with Gasteiger partial charge in [-0.05, 0) is 17.7 Å². The maximum absolute atomic E-state index is 14.1. The van der Waals surface area contributed by atoms with Gasteiger partial charge in [0.05, 0.1) is 6.42 Å². The lowest BCUT2D eigenvalue weighted by atomic mass is 9.76. The summed E-state index contributed by atoms with van der Waals surface area (Å²) in [6.45, 7) is 0. The van der Waals surface area contributed by atoms with Crippen LogP contribution in [0.1, 0.15) is 23.5 Å². The molecule has 2 aromatic rings. The summed E-state index contributed by atoms with van der Waals surface area (Å²) in [7, 11) is 3.70. The Hall–Kier alpha value is -2.50. The number of rotatable bonds is 3. The highest BCUT2D eigenvalue weighted by Crippen LogP contribution is 2.56. The fourth-order valence-corrected chi connectivity index (χ4v) is 3.33. The molecule has 25 heavy (non-hydrogen) atoms. The van der Waals surface area contributed by atoms with Crippen molar-refractivity contribution < 1.29 is 22.7 Å². The molecule has 0 saturated carbocycles. The monoisotopic (exact) mass is 349 g/mol. The summed E-state index contributed by atoms with van der Waals surface area (Å²) < 4.78 is 47.4. The first-order valence-electron chi connectivity index (χ1n) is 7.87. The molecule has 2 unspecified atom stereocenters. The second kappa shape index (κ2) is 6.10. The quantitative estimate of drug-likeness (QED) is 0.776. The molecule has 0 aliphatic carbocycles. The van der Waals surface area contributed by atoms with Crippen LogP contribution in [0, 0.1) is 0 Å². The molecule has 0 aromatic heterocycles. The van der Waals surface area contributed by atoms with Crippen LogP contribution in [0.25, 0.3) is 0 Å². The van der Waals surface area contributed by atoms with Crippen LogP contribution >= 0.6 is 0 Å². The molecule has 1 saturated heterocycles. The third-order valence-corrected chi connectivity index (χ3v) is 4.57. The second-order valence-corrected chi connectivity index (χ2v) is 6.32. The summed E-state index contributed by atoms with van der Waals surface area (Å²) in [5.74, 6) is -1.97. The van der Waals surface area contributed by atoms with Crippen molar-refractivity contribution in [3.63, 3.8) is 0 Å². The lowest BCUT2D eigenvalue weighted by molar-refractivity contribution is -0.269. The highest BCUT2D eigenvalue weighted by atomic mass is 19.4. The van der Waals surface area contributed by atoms with Crippen molar-refractivity contribution in [2.75, 3.05) is 19.0 Å². The van der Waals surface area contributed by atoms with Gasteiger partial charge >= 0.3 is 12.1 Å². The molecule has 6 heteroatoms. The van der Waals surface area contributed by atoms with Crippen molar-refractivity contribution in [1.29, 1.82) is 0 Å². The summed E-state index contributed by atoms with van der Waals surface area (Å²) >= 11 is 0. The van der Waals surface area contributed by atoms with Crippen LogP contribution in [0.15, 0.2) is 54.6 Å². The summed E-state index contributed by atoms with van der Waals surface area (Å²) in [5.41, 5.74) is -1.43. The maximum Gasteiger partial charge on any atom is 0.433 e. The van der Waals surface area contributed by atoms with Gasteiger partial charge < -0.3 is 9.64 Å². The van der Waals surface area contributed by atoms with Gasteiger partial charge in [0.2, 0.25) is 5.60 Å². The predicted octanol–water partition coefficient (Wildman–Crippen LogP) is 4.24. The van der Waals surface area contributed by atoms with Crippen molar-refractivity contribution >= 4 is 11.7 Å². The third kappa shape index (κ3) is 2.86. The number of carbonyl (C=O) groups excluding carboxylic acids is 1. The van der Waals surface area contributed by atoms with Crippen molar-refractivity contribution in [3.8, 4) is 0 Å². The van der Waals surface area contributed by atoms with Gasteiger partial charge in [-0.25, -0.2) is 0 Å². The van der Waals surface area contributed by atoms with Crippen LogP contribution in [0.3, 0.4) is 0 Å². The number of alkyl halides is 3. The Kier molecular flexibility index (Phi) is 4.22. The molecule has 132 valence electrons. The first kappa shape index (κ1) is 17.3. The Bertz CT molecular complexity index is 756. The minimum absolute atomic E-state index is 0.0602. The van der Waals surface area contributed by atoms with Crippen LogP contribution in [-0.4, -0.2) is 26.2 Å². The van der Waals surface area contributed by atoms with E-state index in [1.54, 1.807) is 30.3 Å². The first-order chi connectivity index (χ1) is 11.8. The number of carbonyl (C=O) groups is 1. The summed E-state index contributed by atoms with van der Waals surface area (Å²) in [6.07, 6.45) is -5.04. The van der Waals surface area contributed by atoms with E-state index in [1.165, 1.54) is 24.3 Å². The van der Waals surface area contributed by atoms with E-state index in [1.807, 2.05) is 19.0 Å². The van der Waals surface area contributed by atoms with Gasteiger partial charge in [-0.2, -0.15) is 13.2 Å². The molecule has 0 amide bonds. The standard InChI is InChI=1S/C19H18F3NO2/c1-23(2)15-10-8-13(9-11-15)16-12-17(24)25-18(16,19(20,21)22)14-6-4-3-5-7-14/h3-11,16H,12H2,1-2H3. The number of anilines is 1. The fraction of sp³-hybridized carbons (Fsp3) is 0.316. The van der Waals surface area contributed by atoms with E-state index in [0.29, 0.717) is 5.56 Å². The number of hydrogen-bond donors (Lipinski definition) is 0. The Morgan fingerprint density at radius 2 is 1.64 bits per heavy atom. The van der Waals surface area contributed by atoms with Crippen molar-refractivity contribution in [1.82, 2.24) is 0 Å².